The van der Waals surface area contributed by atoms with Crippen molar-refractivity contribution >= 4 is 47.0 Å². The standard InChI is InChI=1S/C20H19ClN8O2/c21-15-5-3-14(4-6-15)13-22-27-19-24-18(25-20(26-19)28-11-1-2-12-28)23-16-7-9-17(10-8-16)29(30)31/h3-10,13H,1-2,11-12H2,(H2,23,24,25,26,27)/b22-13+. The highest BCUT2D eigenvalue weighted by atomic mass is 35.5. The van der Waals surface area contributed by atoms with Gasteiger partial charge >= 0.3 is 0 Å². The van der Waals surface area contributed by atoms with Crippen LogP contribution in [0.3, 0.4) is 0 Å². The predicted molar refractivity (Wildman–Crippen MR) is 120 cm³/mol. The van der Waals surface area contributed by atoms with E-state index in [2.05, 4.69) is 35.7 Å². The van der Waals surface area contributed by atoms with Crippen LogP contribution in [0.2, 0.25) is 5.02 Å². The van der Waals surface area contributed by atoms with Gasteiger partial charge < -0.3 is 10.2 Å². The van der Waals surface area contributed by atoms with Gasteiger partial charge in [-0.15, -0.1) is 0 Å². The van der Waals surface area contributed by atoms with Gasteiger partial charge in [-0.05, 0) is 42.7 Å². The highest BCUT2D eigenvalue weighted by Gasteiger charge is 2.17. The number of nitro benzene ring substituents is 1. The Kier molecular flexibility index (Phi) is 6.18. The van der Waals surface area contributed by atoms with Crippen LogP contribution < -0.4 is 15.6 Å². The van der Waals surface area contributed by atoms with Gasteiger partial charge in [-0.1, -0.05) is 23.7 Å². The van der Waals surface area contributed by atoms with Gasteiger partial charge in [0.2, 0.25) is 17.8 Å². The molecule has 3 aromatic rings. The first-order valence-electron chi connectivity index (χ1n) is 9.64. The summed E-state index contributed by atoms with van der Waals surface area (Å²) >= 11 is 5.90. The molecule has 0 amide bonds. The molecule has 0 aliphatic carbocycles. The molecular formula is C20H19ClN8O2. The monoisotopic (exact) mass is 438 g/mol. The van der Waals surface area contributed by atoms with Crippen LogP contribution in [0.1, 0.15) is 18.4 Å². The summed E-state index contributed by atoms with van der Waals surface area (Å²) in [5, 5.41) is 18.8. The maximum Gasteiger partial charge on any atom is 0.269 e. The van der Waals surface area contributed by atoms with Crippen LogP contribution in [0.5, 0.6) is 0 Å². The smallest absolute Gasteiger partial charge is 0.269 e. The lowest BCUT2D eigenvalue weighted by Gasteiger charge is -2.16. The van der Waals surface area contributed by atoms with Crippen LogP contribution in [0, 0.1) is 10.1 Å². The van der Waals surface area contributed by atoms with Crippen LogP contribution in [-0.2, 0) is 0 Å². The maximum absolute atomic E-state index is 10.8. The van der Waals surface area contributed by atoms with E-state index in [1.54, 1.807) is 30.5 Å². The van der Waals surface area contributed by atoms with Crippen molar-refractivity contribution in [3.05, 3.63) is 69.2 Å². The Morgan fingerprint density at radius 2 is 1.68 bits per heavy atom. The summed E-state index contributed by atoms with van der Waals surface area (Å²) in [5.74, 6) is 1.14. The molecule has 31 heavy (non-hydrogen) atoms. The molecule has 1 aromatic heterocycles. The number of hydrazone groups is 1. The molecular weight excluding hydrogens is 420 g/mol. The number of hydrogen-bond acceptors (Lipinski definition) is 9. The lowest BCUT2D eigenvalue weighted by Crippen LogP contribution is -2.21. The lowest BCUT2D eigenvalue weighted by molar-refractivity contribution is -0.384. The number of anilines is 4. The second-order valence-electron chi connectivity index (χ2n) is 6.83. The summed E-state index contributed by atoms with van der Waals surface area (Å²) in [6.07, 6.45) is 3.79. The van der Waals surface area contributed by atoms with Crippen molar-refractivity contribution in [2.45, 2.75) is 12.8 Å². The molecule has 0 unspecified atom stereocenters. The molecule has 10 nitrogen and oxygen atoms in total. The SMILES string of the molecule is O=[N+]([O-])c1ccc(Nc2nc(N/N=C/c3ccc(Cl)cc3)nc(N3CCCC3)n2)cc1. The predicted octanol–water partition coefficient (Wildman–Crippen LogP) is 4.22. The summed E-state index contributed by atoms with van der Waals surface area (Å²) in [6, 6.07) is 13.3. The summed E-state index contributed by atoms with van der Waals surface area (Å²) < 4.78 is 0. The van der Waals surface area contributed by atoms with Crippen LogP contribution in [0.4, 0.5) is 29.2 Å². The van der Waals surface area contributed by atoms with Crippen molar-refractivity contribution in [2.75, 3.05) is 28.7 Å². The zero-order valence-corrected chi connectivity index (χ0v) is 17.2. The summed E-state index contributed by atoms with van der Waals surface area (Å²) in [5.41, 5.74) is 4.35. The van der Waals surface area contributed by atoms with Crippen molar-refractivity contribution < 1.29 is 4.92 Å². The van der Waals surface area contributed by atoms with Crippen LogP contribution in [-0.4, -0.2) is 39.2 Å². The third-order valence-electron chi connectivity index (χ3n) is 4.59. The maximum atomic E-state index is 10.8. The van der Waals surface area contributed by atoms with E-state index in [1.165, 1.54) is 12.1 Å². The van der Waals surface area contributed by atoms with E-state index in [0.29, 0.717) is 22.6 Å². The molecule has 0 radical (unpaired) electrons. The number of hydrogen-bond donors (Lipinski definition) is 2. The van der Waals surface area contributed by atoms with Crippen molar-refractivity contribution in [2.24, 2.45) is 5.10 Å². The molecule has 0 bridgehead atoms. The Balaban J connectivity index is 1.54. The average molecular weight is 439 g/mol. The molecule has 0 spiro atoms. The molecule has 1 saturated heterocycles. The Hall–Kier alpha value is -3.79. The second-order valence-corrected chi connectivity index (χ2v) is 7.26. The van der Waals surface area contributed by atoms with Gasteiger partial charge in [-0.3, -0.25) is 10.1 Å². The Bertz CT molecular complexity index is 1080. The molecule has 1 aliphatic heterocycles. The third kappa shape index (κ3) is 5.43. The van der Waals surface area contributed by atoms with E-state index in [-0.39, 0.29) is 11.6 Å². The fraction of sp³-hybridized carbons (Fsp3) is 0.200. The van der Waals surface area contributed by atoms with Gasteiger partial charge in [0.15, 0.2) is 0 Å². The van der Waals surface area contributed by atoms with E-state index in [4.69, 9.17) is 11.6 Å². The number of non-ortho nitro benzene ring substituents is 1. The van der Waals surface area contributed by atoms with Crippen molar-refractivity contribution in [3.8, 4) is 0 Å². The highest BCUT2D eigenvalue weighted by Crippen LogP contribution is 2.22. The van der Waals surface area contributed by atoms with Crippen LogP contribution >= 0.6 is 11.6 Å². The van der Waals surface area contributed by atoms with Crippen LogP contribution in [0.15, 0.2) is 53.6 Å². The summed E-state index contributed by atoms with van der Waals surface area (Å²) in [7, 11) is 0. The molecule has 4 rings (SSSR count). The van der Waals surface area contributed by atoms with E-state index in [9.17, 15) is 10.1 Å². The lowest BCUT2D eigenvalue weighted by atomic mass is 10.2. The van der Waals surface area contributed by atoms with Gasteiger partial charge in [-0.25, -0.2) is 5.43 Å². The normalized spacial score (nSPS) is 13.5. The van der Waals surface area contributed by atoms with Gasteiger partial charge in [0, 0.05) is 35.9 Å². The van der Waals surface area contributed by atoms with Gasteiger partial charge in [0.1, 0.15) is 0 Å². The Morgan fingerprint density at radius 1 is 1.00 bits per heavy atom. The van der Waals surface area contributed by atoms with Crippen LogP contribution in [0.25, 0.3) is 0 Å². The number of nitrogens with one attached hydrogen (secondary N) is 2. The largest absolute Gasteiger partial charge is 0.341 e. The van der Waals surface area contributed by atoms with E-state index < -0.39 is 4.92 Å². The van der Waals surface area contributed by atoms with E-state index >= 15 is 0 Å². The zero-order valence-electron chi connectivity index (χ0n) is 16.4. The number of rotatable bonds is 7. The number of nitro groups is 1. The van der Waals surface area contributed by atoms with E-state index in [0.717, 1.165) is 31.5 Å². The number of nitrogens with zero attached hydrogens (tertiary/aromatic N) is 6. The first kappa shape index (κ1) is 20.5. The Labute approximate surface area is 183 Å². The van der Waals surface area contributed by atoms with Gasteiger partial charge in [0.25, 0.3) is 5.69 Å². The van der Waals surface area contributed by atoms with Crippen molar-refractivity contribution in [1.82, 2.24) is 15.0 Å². The van der Waals surface area contributed by atoms with Crippen molar-refractivity contribution in [1.29, 1.82) is 0 Å². The number of aromatic nitrogens is 3. The van der Waals surface area contributed by atoms with Crippen molar-refractivity contribution in [3.63, 3.8) is 0 Å². The molecule has 11 heteroatoms. The zero-order chi connectivity index (χ0) is 21.6. The minimum Gasteiger partial charge on any atom is -0.341 e. The third-order valence-corrected chi connectivity index (χ3v) is 4.85. The fourth-order valence-electron chi connectivity index (χ4n) is 3.04. The number of benzene rings is 2. The molecule has 1 aliphatic rings. The molecule has 2 heterocycles. The minimum atomic E-state index is -0.446. The molecule has 0 atom stereocenters. The second kappa shape index (κ2) is 9.35. The molecule has 0 saturated carbocycles. The molecule has 2 N–H and O–H groups in total. The summed E-state index contributed by atoms with van der Waals surface area (Å²) in [6.45, 7) is 1.74. The van der Waals surface area contributed by atoms with E-state index in [1.807, 2.05) is 12.1 Å². The average Bonchev–Trinajstić information content (AvgIpc) is 3.30. The highest BCUT2D eigenvalue weighted by molar-refractivity contribution is 6.30. The number of halogens is 1. The Morgan fingerprint density at radius 3 is 2.35 bits per heavy atom. The topological polar surface area (TPSA) is 121 Å². The molecule has 158 valence electrons. The molecule has 1 fully saturated rings. The minimum absolute atomic E-state index is 0.0119. The first-order chi connectivity index (χ1) is 15.1. The molecule has 2 aromatic carbocycles. The van der Waals surface area contributed by atoms with Gasteiger partial charge in [-0.2, -0.15) is 20.1 Å². The van der Waals surface area contributed by atoms with Gasteiger partial charge in [0.05, 0.1) is 11.1 Å². The fourth-order valence-corrected chi connectivity index (χ4v) is 3.16. The first-order valence-corrected chi connectivity index (χ1v) is 10.0. The summed E-state index contributed by atoms with van der Waals surface area (Å²) in [4.78, 5) is 25.8. The quantitative estimate of drug-likeness (QED) is 0.319.